The molecule has 0 atom stereocenters. The molecule has 1 aromatic heterocycles. The average molecular weight is 384 g/mol. The molecule has 0 radical (unpaired) electrons. The summed E-state index contributed by atoms with van der Waals surface area (Å²) in [6.07, 6.45) is 0.683. The first kappa shape index (κ1) is 19.8. The van der Waals surface area contributed by atoms with Crippen LogP contribution in [-0.2, 0) is 16.1 Å². The number of hydrogen-bond acceptors (Lipinski definition) is 5. The fourth-order valence-electron chi connectivity index (χ4n) is 2.34. The molecule has 136 valence electrons. The quantitative estimate of drug-likeness (QED) is 0.431. The third-order valence-electron chi connectivity index (χ3n) is 3.39. The highest BCUT2D eigenvalue weighted by Crippen LogP contribution is 2.20. The van der Waals surface area contributed by atoms with Crippen molar-refractivity contribution < 1.29 is 9.53 Å². The molecule has 0 aliphatic rings. The summed E-state index contributed by atoms with van der Waals surface area (Å²) >= 11 is 7.26. The van der Waals surface area contributed by atoms with Gasteiger partial charge in [-0.1, -0.05) is 23.4 Å². The van der Waals surface area contributed by atoms with Gasteiger partial charge in [0.2, 0.25) is 5.91 Å². The van der Waals surface area contributed by atoms with E-state index in [1.54, 1.807) is 29.9 Å². The molecule has 0 spiro atoms. The Morgan fingerprint density at radius 3 is 2.88 bits per heavy atom. The standard InChI is InChI=1S/C17H22ClN3O3S/c1-11(2)19-15(22)10-25-17-20-14-9-12(18)5-6-13(14)16(23)21(17)7-4-8-24-3/h5-6,9,11H,4,7-8,10H2,1-3H3,(H,19,22). The van der Waals surface area contributed by atoms with Gasteiger partial charge < -0.3 is 10.1 Å². The molecule has 2 aromatic rings. The first-order chi connectivity index (χ1) is 11.9. The summed E-state index contributed by atoms with van der Waals surface area (Å²) in [6.45, 7) is 4.83. The maximum absolute atomic E-state index is 12.8. The van der Waals surface area contributed by atoms with Crippen LogP contribution in [0, 0.1) is 0 Å². The lowest BCUT2D eigenvalue weighted by molar-refractivity contribution is -0.119. The lowest BCUT2D eigenvalue weighted by Crippen LogP contribution is -2.32. The molecule has 1 heterocycles. The molecule has 0 saturated carbocycles. The molecule has 2 rings (SSSR count). The molecule has 25 heavy (non-hydrogen) atoms. The van der Waals surface area contributed by atoms with Crippen LogP contribution in [0.4, 0.5) is 0 Å². The number of hydrogen-bond donors (Lipinski definition) is 1. The zero-order valence-corrected chi connectivity index (χ0v) is 16.1. The van der Waals surface area contributed by atoms with Crippen LogP contribution in [0.15, 0.2) is 28.2 Å². The molecule has 1 N–H and O–H groups in total. The first-order valence-corrected chi connectivity index (χ1v) is 9.40. The molecule has 0 fully saturated rings. The Hall–Kier alpha value is -1.57. The highest BCUT2D eigenvalue weighted by molar-refractivity contribution is 7.99. The monoisotopic (exact) mass is 383 g/mol. The van der Waals surface area contributed by atoms with Gasteiger partial charge in [0.15, 0.2) is 5.16 Å². The molecule has 0 aliphatic heterocycles. The van der Waals surface area contributed by atoms with Crippen LogP contribution in [-0.4, -0.2) is 41.0 Å². The number of carbonyl (C=O) groups is 1. The van der Waals surface area contributed by atoms with Crippen molar-refractivity contribution in [2.24, 2.45) is 0 Å². The van der Waals surface area contributed by atoms with Gasteiger partial charge in [0.25, 0.3) is 5.56 Å². The number of carbonyl (C=O) groups excluding carboxylic acids is 1. The van der Waals surface area contributed by atoms with Crippen molar-refractivity contribution in [3.8, 4) is 0 Å². The van der Waals surface area contributed by atoms with Gasteiger partial charge in [0, 0.05) is 31.3 Å². The Bertz CT molecular complexity index is 808. The molecule has 0 saturated heterocycles. The van der Waals surface area contributed by atoms with Crippen LogP contribution < -0.4 is 10.9 Å². The first-order valence-electron chi connectivity index (χ1n) is 8.03. The summed E-state index contributed by atoms with van der Waals surface area (Å²) in [5.74, 6) is 0.102. The second kappa shape index (κ2) is 9.22. The normalized spacial score (nSPS) is 11.2. The molecular formula is C17H22ClN3O3S. The van der Waals surface area contributed by atoms with Crippen molar-refractivity contribution in [3.05, 3.63) is 33.6 Å². The number of nitrogens with one attached hydrogen (secondary N) is 1. The number of aromatic nitrogens is 2. The molecule has 0 aliphatic carbocycles. The smallest absolute Gasteiger partial charge is 0.262 e. The number of methoxy groups -OCH3 is 1. The van der Waals surface area contributed by atoms with E-state index in [0.29, 0.717) is 40.7 Å². The van der Waals surface area contributed by atoms with E-state index in [9.17, 15) is 9.59 Å². The fourth-order valence-corrected chi connectivity index (χ4v) is 3.34. The number of nitrogens with zero attached hydrogens (tertiary/aromatic N) is 2. The topological polar surface area (TPSA) is 73.2 Å². The number of thioether (sulfide) groups is 1. The van der Waals surface area contributed by atoms with E-state index in [1.165, 1.54) is 11.8 Å². The second-order valence-corrected chi connectivity index (χ2v) is 7.25. The van der Waals surface area contributed by atoms with E-state index in [4.69, 9.17) is 16.3 Å². The van der Waals surface area contributed by atoms with Gasteiger partial charge in [0.05, 0.1) is 16.7 Å². The van der Waals surface area contributed by atoms with E-state index in [-0.39, 0.29) is 23.3 Å². The molecule has 0 bridgehead atoms. The van der Waals surface area contributed by atoms with Crippen LogP contribution >= 0.6 is 23.4 Å². The molecule has 8 heteroatoms. The number of amides is 1. The van der Waals surface area contributed by atoms with Crippen molar-refractivity contribution in [1.82, 2.24) is 14.9 Å². The zero-order chi connectivity index (χ0) is 18.4. The summed E-state index contributed by atoms with van der Waals surface area (Å²) in [4.78, 5) is 29.3. The summed E-state index contributed by atoms with van der Waals surface area (Å²) in [7, 11) is 1.62. The molecule has 0 unspecified atom stereocenters. The lowest BCUT2D eigenvalue weighted by atomic mass is 10.2. The van der Waals surface area contributed by atoms with Crippen molar-refractivity contribution >= 4 is 40.2 Å². The highest BCUT2D eigenvalue weighted by Gasteiger charge is 2.14. The highest BCUT2D eigenvalue weighted by atomic mass is 35.5. The SMILES string of the molecule is COCCCn1c(SCC(=O)NC(C)C)nc2cc(Cl)ccc2c1=O. The molecule has 1 amide bonds. The van der Waals surface area contributed by atoms with Gasteiger partial charge in [-0.05, 0) is 38.5 Å². The number of ether oxygens (including phenoxy) is 1. The Labute approximate surface area is 155 Å². The van der Waals surface area contributed by atoms with Crippen molar-refractivity contribution in [2.75, 3.05) is 19.5 Å². The Balaban J connectivity index is 2.34. The minimum absolute atomic E-state index is 0.0698. The third-order valence-corrected chi connectivity index (χ3v) is 4.61. The van der Waals surface area contributed by atoms with E-state index in [2.05, 4.69) is 10.3 Å². The summed E-state index contributed by atoms with van der Waals surface area (Å²) < 4.78 is 6.66. The van der Waals surface area contributed by atoms with Gasteiger partial charge in [0.1, 0.15) is 0 Å². The summed E-state index contributed by atoms with van der Waals surface area (Å²) in [6, 6.07) is 5.09. The van der Waals surface area contributed by atoms with Gasteiger partial charge in [-0.2, -0.15) is 0 Å². The van der Waals surface area contributed by atoms with E-state index < -0.39 is 0 Å². The molecule has 6 nitrogen and oxygen atoms in total. The Kier molecular flexibility index (Phi) is 7.28. The van der Waals surface area contributed by atoms with Crippen LogP contribution in [0.2, 0.25) is 5.02 Å². The number of fused-ring (bicyclic) bond motifs is 1. The largest absolute Gasteiger partial charge is 0.385 e. The maximum Gasteiger partial charge on any atom is 0.262 e. The average Bonchev–Trinajstić information content (AvgIpc) is 2.54. The van der Waals surface area contributed by atoms with Gasteiger partial charge in [-0.15, -0.1) is 0 Å². The molecule has 1 aromatic carbocycles. The molecular weight excluding hydrogens is 362 g/mol. The summed E-state index contributed by atoms with van der Waals surface area (Å²) in [5, 5.41) is 4.37. The van der Waals surface area contributed by atoms with Crippen LogP contribution in [0.3, 0.4) is 0 Å². The second-order valence-electron chi connectivity index (χ2n) is 5.87. The predicted octanol–water partition coefficient (Wildman–Crippen LogP) is 2.70. The number of rotatable bonds is 8. The van der Waals surface area contributed by atoms with Crippen molar-refractivity contribution in [2.45, 2.75) is 38.0 Å². The number of halogens is 1. The minimum Gasteiger partial charge on any atom is -0.385 e. The lowest BCUT2D eigenvalue weighted by Gasteiger charge is -2.13. The predicted molar refractivity (Wildman–Crippen MR) is 102 cm³/mol. The Morgan fingerprint density at radius 2 is 2.20 bits per heavy atom. The van der Waals surface area contributed by atoms with Crippen molar-refractivity contribution in [3.63, 3.8) is 0 Å². The van der Waals surface area contributed by atoms with E-state index in [0.717, 1.165) is 0 Å². The van der Waals surface area contributed by atoms with Gasteiger partial charge in [-0.25, -0.2) is 4.98 Å². The van der Waals surface area contributed by atoms with Crippen LogP contribution in [0.25, 0.3) is 10.9 Å². The zero-order valence-electron chi connectivity index (χ0n) is 14.5. The van der Waals surface area contributed by atoms with E-state index >= 15 is 0 Å². The fraction of sp³-hybridized carbons (Fsp3) is 0.471. The van der Waals surface area contributed by atoms with Crippen molar-refractivity contribution in [1.29, 1.82) is 0 Å². The van der Waals surface area contributed by atoms with Gasteiger partial charge in [-0.3, -0.25) is 14.2 Å². The maximum atomic E-state index is 12.8. The summed E-state index contributed by atoms with van der Waals surface area (Å²) in [5.41, 5.74) is 0.400. The van der Waals surface area contributed by atoms with Gasteiger partial charge >= 0.3 is 0 Å². The Morgan fingerprint density at radius 1 is 1.44 bits per heavy atom. The minimum atomic E-state index is -0.135. The van der Waals surface area contributed by atoms with E-state index in [1.807, 2.05) is 13.8 Å². The van der Waals surface area contributed by atoms with Crippen LogP contribution in [0.1, 0.15) is 20.3 Å². The van der Waals surface area contributed by atoms with Crippen LogP contribution in [0.5, 0.6) is 0 Å². The number of benzene rings is 1. The third kappa shape index (κ3) is 5.45.